The van der Waals surface area contributed by atoms with Crippen molar-refractivity contribution in [2.75, 3.05) is 6.54 Å². The second kappa shape index (κ2) is 4.91. The summed E-state index contributed by atoms with van der Waals surface area (Å²) >= 11 is 0. The molecule has 0 bridgehead atoms. The van der Waals surface area contributed by atoms with E-state index in [1.165, 1.54) is 23.6 Å². The van der Waals surface area contributed by atoms with Crippen molar-refractivity contribution >= 4 is 11.6 Å². The van der Waals surface area contributed by atoms with Crippen LogP contribution >= 0.6 is 0 Å². The minimum absolute atomic E-state index is 0.150. The lowest BCUT2D eigenvalue weighted by molar-refractivity contribution is -0.137. The molecule has 0 aliphatic carbocycles. The molecule has 4 nitrogen and oxygen atoms in total. The Morgan fingerprint density at radius 2 is 2.11 bits per heavy atom. The summed E-state index contributed by atoms with van der Waals surface area (Å²) in [4.78, 5) is 14.9. The normalized spacial score (nSPS) is 11.8. The molecule has 2 rings (SSSR count). The van der Waals surface area contributed by atoms with Gasteiger partial charge < -0.3 is 9.72 Å². The average molecular weight is 271 g/mol. The molecule has 0 aliphatic rings. The molecule has 2 heterocycles. The average Bonchev–Trinajstić information content (AvgIpc) is 2.68. The van der Waals surface area contributed by atoms with Crippen LogP contribution in [0.2, 0.25) is 0 Å². The van der Waals surface area contributed by atoms with Crippen molar-refractivity contribution in [3.8, 4) is 0 Å². The molecule has 0 radical (unpaired) electrons. The summed E-state index contributed by atoms with van der Waals surface area (Å²) in [6.45, 7) is 1.81. The largest absolute Gasteiger partial charge is 0.417 e. The van der Waals surface area contributed by atoms with E-state index in [-0.39, 0.29) is 5.91 Å². The molecule has 0 fully saturated rings. The quantitative estimate of drug-likeness (QED) is 0.928. The van der Waals surface area contributed by atoms with Crippen molar-refractivity contribution in [3.05, 3.63) is 35.8 Å². The Bertz CT molecular complexity index is 604. The summed E-state index contributed by atoms with van der Waals surface area (Å²) in [7, 11) is 0. The lowest BCUT2D eigenvalue weighted by atomic mass is 10.3. The summed E-state index contributed by atoms with van der Waals surface area (Å²) in [5.74, 6) is -0.150. The number of nitrogens with zero attached hydrogens (tertiary/aromatic N) is 2. The van der Waals surface area contributed by atoms with E-state index in [0.717, 1.165) is 12.3 Å². The molecule has 19 heavy (non-hydrogen) atoms. The molecule has 0 aromatic carbocycles. The van der Waals surface area contributed by atoms with E-state index < -0.39 is 11.7 Å². The van der Waals surface area contributed by atoms with Crippen molar-refractivity contribution in [1.29, 1.82) is 0 Å². The molecule has 0 unspecified atom stereocenters. The first kappa shape index (κ1) is 13.4. The zero-order chi connectivity index (χ0) is 14.0. The number of fused-ring (bicyclic) bond motifs is 1. The highest BCUT2D eigenvalue weighted by Crippen LogP contribution is 2.29. The Kier molecular flexibility index (Phi) is 3.46. The molecule has 0 atom stereocenters. The summed E-state index contributed by atoms with van der Waals surface area (Å²) in [5.41, 5.74) is 0.365. The zero-order valence-corrected chi connectivity index (χ0v) is 10.2. The predicted molar refractivity (Wildman–Crippen MR) is 62.6 cm³/mol. The molecule has 0 saturated carbocycles. The minimum atomic E-state index is -4.37. The molecular formula is C12H12F3N3O. The molecule has 7 heteroatoms. The molecule has 2 aromatic heterocycles. The standard InChI is InChI=1S/C12H12F3N3O/c1-8(19)16-5-4-10-7-18-6-9(12(13,14)15)2-3-11(18)17-10/h2-3,6-7H,4-5H2,1H3,(H,16,19). The molecular weight excluding hydrogens is 259 g/mol. The first-order valence-corrected chi connectivity index (χ1v) is 5.65. The van der Waals surface area contributed by atoms with Crippen molar-refractivity contribution in [3.63, 3.8) is 0 Å². The molecule has 0 spiro atoms. The maximum Gasteiger partial charge on any atom is 0.417 e. The number of rotatable bonds is 3. The van der Waals surface area contributed by atoms with Crippen LogP contribution in [0.3, 0.4) is 0 Å². The van der Waals surface area contributed by atoms with Gasteiger partial charge in [-0.05, 0) is 12.1 Å². The van der Waals surface area contributed by atoms with E-state index in [1.807, 2.05) is 0 Å². The summed E-state index contributed by atoms with van der Waals surface area (Å²) in [6, 6.07) is 2.32. The smallest absolute Gasteiger partial charge is 0.356 e. The third-order valence-electron chi connectivity index (χ3n) is 2.58. The van der Waals surface area contributed by atoms with Gasteiger partial charge in [0.25, 0.3) is 0 Å². The van der Waals surface area contributed by atoms with E-state index >= 15 is 0 Å². The van der Waals surface area contributed by atoms with Crippen molar-refractivity contribution in [1.82, 2.24) is 14.7 Å². The number of pyridine rings is 1. The van der Waals surface area contributed by atoms with E-state index in [2.05, 4.69) is 10.3 Å². The number of halogens is 3. The number of amides is 1. The van der Waals surface area contributed by atoms with Gasteiger partial charge in [-0.15, -0.1) is 0 Å². The minimum Gasteiger partial charge on any atom is -0.356 e. The maximum absolute atomic E-state index is 12.5. The van der Waals surface area contributed by atoms with Gasteiger partial charge in [0, 0.05) is 32.3 Å². The van der Waals surface area contributed by atoms with Crippen LogP contribution in [-0.2, 0) is 17.4 Å². The lowest BCUT2D eigenvalue weighted by Crippen LogP contribution is -2.22. The number of hydrogen-bond acceptors (Lipinski definition) is 2. The van der Waals surface area contributed by atoms with Gasteiger partial charge in [0.05, 0.1) is 11.3 Å². The Balaban J connectivity index is 2.18. The number of carbonyl (C=O) groups is 1. The Morgan fingerprint density at radius 1 is 1.37 bits per heavy atom. The fourth-order valence-electron chi connectivity index (χ4n) is 1.70. The first-order valence-electron chi connectivity index (χ1n) is 5.65. The fourth-order valence-corrected chi connectivity index (χ4v) is 1.70. The van der Waals surface area contributed by atoms with Crippen LogP contribution in [-0.4, -0.2) is 21.8 Å². The van der Waals surface area contributed by atoms with Gasteiger partial charge in [0.1, 0.15) is 5.65 Å². The van der Waals surface area contributed by atoms with Gasteiger partial charge in [-0.1, -0.05) is 0 Å². The molecule has 102 valence electrons. The van der Waals surface area contributed by atoms with Crippen LogP contribution in [0.25, 0.3) is 5.65 Å². The van der Waals surface area contributed by atoms with Gasteiger partial charge in [-0.25, -0.2) is 4.98 Å². The van der Waals surface area contributed by atoms with Crippen LogP contribution in [0.5, 0.6) is 0 Å². The molecule has 0 aliphatic heterocycles. The second-order valence-electron chi connectivity index (χ2n) is 4.15. The first-order chi connectivity index (χ1) is 8.86. The number of alkyl halides is 3. The van der Waals surface area contributed by atoms with Gasteiger partial charge in [0.2, 0.25) is 5.91 Å². The van der Waals surface area contributed by atoms with E-state index in [1.54, 1.807) is 0 Å². The second-order valence-corrected chi connectivity index (χ2v) is 4.15. The Morgan fingerprint density at radius 3 is 2.74 bits per heavy atom. The Hall–Kier alpha value is -2.05. The maximum atomic E-state index is 12.5. The highest BCUT2D eigenvalue weighted by atomic mass is 19.4. The highest BCUT2D eigenvalue weighted by Gasteiger charge is 2.30. The van der Waals surface area contributed by atoms with Crippen molar-refractivity contribution in [2.45, 2.75) is 19.5 Å². The van der Waals surface area contributed by atoms with Crippen LogP contribution in [0.1, 0.15) is 18.2 Å². The number of imidazole rings is 1. The number of hydrogen-bond donors (Lipinski definition) is 1. The third-order valence-corrected chi connectivity index (χ3v) is 2.58. The zero-order valence-electron chi connectivity index (χ0n) is 10.2. The summed E-state index contributed by atoms with van der Waals surface area (Å²) in [6.07, 6.45) is -1.35. The van der Waals surface area contributed by atoms with Crippen molar-refractivity contribution < 1.29 is 18.0 Å². The summed E-state index contributed by atoms with van der Waals surface area (Å²) < 4.78 is 38.9. The van der Waals surface area contributed by atoms with Gasteiger partial charge in [-0.3, -0.25) is 4.79 Å². The number of aromatic nitrogens is 2. The molecule has 1 N–H and O–H groups in total. The molecule has 1 amide bonds. The van der Waals surface area contributed by atoms with Gasteiger partial charge in [0.15, 0.2) is 0 Å². The van der Waals surface area contributed by atoms with E-state index in [9.17, 15) is 18.0 Å². The fraction of sp³-hybridized carbons (Fsp3) is 0.333. The van der Waals surface area contributed by atoms with Crippen molar-refractivity contribution in [2.24, 2.45) is 0 Å². The predicted octanol–water partition coefficient (Wildman–Crippen LogP) is 2.03. The van der Waals surface area contributed by atoms with Gasteiger partial charge in [-0.2, -0.15) is 13.2 Å². The van der Waals surface area contributed by atoms with Crippen LogP contribution in [0, 0.1) is 0 Å². The molecule has 2 aromatic rings. The number of nitrogens with one attached hydrogen (secondary N) is 1. The third kappa shape index (κ3) is 3.24. The SMILES string of the molecule is CC(=O)NCCc1cn2cc(C(F)(F)F)ccc2n1. The lowest BCUT2D eigenvalue weighted by Gasteiger charge is -2.05. The topological polar surface area (TPSA) is 46.4 Å². The summed E-state index contributed by atoms with van der Waals surface area (Å²) in [5, 5.41) is 2.61. The van der Waals surface area contributed by atoms with E-state index in [0.29, 0.717) is 24.3 Å². The van der Waals surface area contributed by atoms with Crippen LogP contribution in [0.15, 0.2) is 24.5 Å². The van der Waals surface area contributed by atoms with E-state index in [4.69, 9.17) is 0 Å². The van der Waals surface area contributed by atoms with Crippen LogP contribution < -0.4 is 5.32 Å². The monoisotopic (exact) mass is 271 g/mol. The molecule has 0 saturated heterocycles. The highest BCUT2D eigenvalue weighted by molar-refractivity contribution is 5.72. The van der Waals surface area contributed by atoms with Gasteiger partial charge >= 0.3 is 6.18 Å². The number of carbonyl (C=O) groups excluding carboxylic acids is 1. The Labute approximate surface area is 107 Å². The van der Waals surface area contributed by atoms with Crippen LogP contribution in [0.4, 0.5) is 13.2 Å².